The van der Waals surface area contributed by atoms with Crippen LogP contribution in [-0.4, -0.2) is 49.4 Å². The molecule has 128 valence electrons. The average molecular weight is 342 g/mol. The van der Waals surface area contributed by atoms with Crippen molar-refractivity contribution in [3.63, 3.8) is 0 Å². The number of carboxylic acids is 1. The van der Waals surface area contributed by atoms with Gasteiger partial charge in [0.2, 0.25) is 0 Å². The van der Waals surface area contributed by atoms with Gasteiger partial charge in [-0.25, -0.2) is 9.59 Å². The number of carboxylic acid groups (broad SMARTS) is 1. The molecule has 0 spiro atoms. The summed E-state index contributed by atoms with van der Waals surface area (Å²) in [5.41, 5.74) is 0.763. The normalized spacial score (nSPS) is 11.4. The van der Waals surface area contributed by atoms with E-state index in [4.69, 9.17) is 14.6 Å². The number of aliphatic carboxylic acids is 1. The maximum absolute atomic E-state index is 11.9. The van der Waals surface area contributed by atoms with Gasteiger partial charge in [-0.3, -0.25) is 0 Å². The van der Waals surface area contributed by atoms with E-state index in [9.17, 15) is 9.59 Å². The van der Waals surface area contributed by atoms with Crippen LogP contribution in [0.5, 0.6) is 11.5 Å². The molecule has 1 aromatic carbocycles. The van der Waals surface area contributed by atoms with Crippen molar-refractivity contribution >= 4 is 23.8 Å². The van der Waals surface area contributed by atoms with Gasteiger partial charge in [-0.2, -0.15) is 11.8 Å². The maximum Gasteiger partial charge on any atom is 0.326 e. The summed E-state index contributed by atoms with van der Waals surface area (Å²) in [4.78, 5) is 23.0. The molecule has 0 heterocycles. The predicted octanol–water partition coefficient (Wildman–Crippen LogP) is 1.71. The summed E-state index contributed by atoms with van der Waals surface area (Å²) < 4.78 is 10.4. The number of urea groups is 1. The van der Waals surface area contributed by atoms with E-state index >= 15 is 0 Å². The summed E-state index contributed by atoms with van der Waals surface area (Å²) in [6, 6.07) is 3.82. The maximum atomic E-state index is 11.9. The number of nitrogens with one attached hydrogen (secondary N) is 2. The van der Waals surface area contributed by atoms with Crippen molar-refractivity contribution in [1.82, 2.24) is 10.6 Å². The van der Waals surface area contributed by atoms with Gasteiger partial charge in [0, 0.05) is 18.2 Å². The zero-order valence-electron chi connectivity index (χ0n) is 13.4. The number of carbonyl (C=O) groups excluding carboxylic acids is 1. The van der Waals surface area contributed by atoms with Crippen LogP contribution in [0.1, 0.15) is 12.0 Å². The molecule has 0 aliphatic carbocycles. The predicted molar refractivity (Wildman–Crippen MR) is 89.3 cm³/mol. The summed E-state index contributed by atoms with van der Waals surface area (Å²) in [5.74, 6) is 0.847. The molecular formula is C15H22N2O5S. The van der Waals surface area contributed by atoms with Gasteiger partial charge in [0.15, 0.2) is 0 Å². The fraction of sp³-hybridized carbons (Fsp3) is 0.467. The second kappa shape index (κ2) is 9.83. The van der Waals surface area contributed by atoms with Crippen LogP contribution < -0.4 is 20.1 Å². The second-order valence-corrected chi connectivity index (χ2v) is 5.66. The third kappa shape index (κ3) is 6.27. The minimum atomic E-state index is -1.05. The average Bonchev–Trinajstić information content (AvgIpc) is 2.56. The molecule has 0 saturated heterocycles. The Morgan fingerprint density at radius 3 is 2.61 bits per heavy atom. The highest BCUT2D eigenvalue weighted by molar-refractivity contribution is 7.98. The van der Waals surface area contributed by atoms with Crippen LogP contribution >= 0.6 is 11.8 Å². The summed E-state index contributed by atoms with van der Waals surface area (Å²) in [6.45, 7) is 0.216. The fourth-order valence-electron chi connectivity index (χ4n) is 1.88. The van der Waals surface area contributed by atoms with Gasteiger partial charge < -0.3 is 25.2 Å². The van der Waals surface area contributed by atoms with E-state index in [1.807, 2.05) is 6.26 Å². The van der Waals surface area contributed by atoms with Gasteiger partial charge >= 0.3 is 12.0 Å². The number of hydrogen-bond donors (Lipinski definition) is 3. The molecule has 7 nitrogen and oxygen atoms in total. The SMILES string of the molecule is COc1ccc(CNC(=O)NC(CCSC)C(=O)O)c(OC)c1. The van der Waals surface area contributed by atoms with Crippen LogP contribution in [0, 0.1) is 0 Å². The number of hydrogen-bond acceptors (Lipinski definition) is 5. The Morgan fingerprint density at radius 2 is 2.04 bits per heavy atom. The zero-order valence-corrected chi connectivity index (χ0v) is 14.2. The number of ether oxygens (including phenoxy) is 2. The molecule has 3 N–H and O–H groups in total. The molecule has 0 aromatic heterocycles. The zero-order chi connectivity index (χ0) is 17.2. The van der Waals surface area contributed by atoms with Gasteiger partial charge in [0.05, 0.1) is 14.2 Å². The van der Waals surface area contributed by atoms with E-state index in [0.717, 1.165) is 5.56 Å². The lowest BCUT2D eigenvalue weighted by molar-refractivity contribution is -0.139. The summed E-state index contributed by atoms with van der Waals surface area (Å²) in [7, 11) is 3.09. The van der Waals surface area contributed by atoms with Crippen LogP contribution in [0.15, 0.2) is 18.2 Å². The third-order valence-corrected chi connectivity index (χ3v) is 3.79. The van der Waals surface area contributed by atoms with Crippen molar-refractivity contribution < 1.29 is 24.2 Å². The molecule has 0 aliphatic rings. The van der Waals surface area contributed by atoms with Gasteiger partial charge in [0.1, 0.15) is 17.5 Å². The van der Waals surface area contributed by atoms with Crippen molar-refractivity contribution in [1.29, 1.82) is 0 Å². The molecule has 0 fully saturated rings. The van der Waals surface area contributed by atoms with Crippen LogP contribution in [0.4, 0.5) is 4.79 Å². The minimum absolute atomic E-state index is 0.216. The molecule has 8 heteroatoms. The van der Waals surface area contributed by atoms with Crippen molar-refractivity contribution in [2.75, 3.05) is 26.2 Å². The molecular weight excluding hydrogens is 320 g/mol. The molecule has 1 unspecified atom stereocenters. The van der Waals surface area contributed by atoms with Crippen molar-refractivity contribution in [2.24, 2.45) is 0 Å². The Labute approximate surface area is 139 Å². The van der Waals surface area contributed by atoms with E-state index in [1.54, 1.807) is 25.3 Å². The Balaban J connectivity index is 2.59. The molecule has 1 atom stereocenters. The van der Waals surface area contributed by atoms with Crippen LogP contribution in [0.2, 0.25) is 0 Å². The highest BCUT2D eigenvalue weighted by Crippen LogP contribution is 2.24. The molecule has 0 saturated carbocycles. The standard InChI is InChI=1S/C15H22N2O5S/c1-21-11-5-4-10(13(8-11)22-2)9-16-15(20)17-12(14(18)19)6-7-23-3/h4-5,8,12H,6-7,9H2,1-3H3,(H,18,19)(H2,16,17,20). The first-order chi connectivity index (χ1) is 11.0. The number of amides is 2. The monoisotopic (exact) mass is 342 g/mol. The number of benzene rings is 1. The Bertz CT molecular complexity index is 539. The number of methoxy groups -OCH3 is 2. The van der Waals surface area contributed by atoms with Crippen LogP contribution in [0.25, 0.3) is 0 Å². The van der Waals surface area contributed by atoms with E-state index in [1.165, 1.54) is 18.9 Å². The largest absolute Gasteiger partial charge is 0.497 e. The lowest BCUT2D eigenvalue weighted by Crippen LogP contribution is -2.46. The molecule has 0 aliphatic heterocycles. The first kappa shape index (κ1) is 19.0. The highest BCUT2D eigenvalue weighted by atomic mass is 32.2. The van der Waals surface area contributed by atoms with E-state index in [-0.39, 0.29) is 6.54 Å². The van der Waals surface area contributed by atoms with Gasteiger partial charge in [-0.05, 0) is 30.6 Å². The van der Waals surface area contributed by atoms with Gasteiger partial charge in [0.25, 0.3) is 0 Å². The van der Waals surface area contributed by atoms with Gasteiger partial charge in [-0.15, -0.1) is 0 Å². The topological polar surface area (TPSA) is 96.9 Å². The first-order valence-electron chi connectivity index (χ1n) is 6.98. The minimum Gasteiger partial charge on any atom is -0.497 e. The molecule has 23 heavy (non-hydrogen) atoms. The summed E-state index contributed by atoms with van der Waals surface area (Å²) >= 11 is 1.53. The van der Waals surface area contributed by atoms with Crippen molar-refractivity contribution in [3.05, 3.63) is 23.8 Å². The Morgan fingerprint density at radius 1 is 1.30 bits per heavy atom. The van der Waals surface area contributed by atoms with Crippen molar-refractivity contribution in [3.8, 4) is 11.5 Å². The Kier molecular flexibility index (Phi) is 8.10. The Hall–Kier alpha value is -2.09. The fourth-order valence-corrected chi connectivity index (χ4v) is 2.35. The molecule has 0 radical (unpaired) electrons. The molecule has 0 bridgehead atoms. The second-order valence-electron chi connectivity index (χ2n) is 4.68. The van der Waals surface area contributed by atoms with Crippen LogP contribution in [-0.2, 0) is 11.3 Å². The lowest BCUT2D eigenvalue weighted by atomic mass is 10.2. The summed E-state index contributed by atoms with van der Waals surface area (Å²) in [6.07, 6.45) is 2.25. The molecule has 1 rings (SSSR count). The first-order valence-corrected chi connectivity index (χ1v) is 8.38. The van der Waals surface area contributed by atoms with E-state index < -0.39 is 18.0 Å². The smallest absolute Gasteiger partial charge is 0.326 e. The molecule has 1 aromatic rings. The van der Waals surface area contributed by atoms with Crippen LogP contribution in [0.3, 0.4) is 0 Å². The quantitative estimate of drug-likeness (QED) is 0.632. The number of carbonyl (C=O) groups is 2. The van der Waals surface area contributed by atoms with E-state index in [0.29, 0.717) is 23.7 Å². The number of thioether (sulfide) groups is 1. The van der Waals surface area contributed by atoms with Gasteiger partial charge in [-0.1, -0.05) is 0 Å². The highest BCUT2D eigenvalue weighted by Gasteiger charge is 2.19. The van der Waals surface area contributed by atoms with Crippen molar-refractivity contribution in [2.45, 2.75) is 19.0 Å². The summed E-state index contributed by atoms with van der Waals surface area (Å²) in [5, 5.41) is 14.2. The lowest BCUT2D eigenvalue weighted by Gasteiger charge is -2.15. The number of rotatable bonds is 9. The third-order valence-electron chi connectivity index (χ3n) is 3.15. The molecule has 2 amide bonds. The van der Waals surface area contributed by atoms with E-state index in [2.05, 4.69) is 10.6 Å².